The van der Waals surface area contributed by atoms with Crippen molar-refractivity contribution >= 4 is 22.7 Å². The smallest absolute Gasteiger partial charge is 0.426 e. The fourth-order valence-corrected chi connectivity index (χ4v) is 2.69. The van der Waals surface area contributed by atoms with Crippen LogP contribution in [0, 0.1) is 12.3 Å². The average molecular weight is 351 g/mol. The van der Waals surface area contributed by atoms with E-state index in [1.165, 1.54) is 0 Å². The molecule has 1 aromatic rings. The minimum absolute atomic E-state index is 0. The maximum Gasteiger partial charge on any atom is 0.426 e. The molecule has 4 nitrogen and oxygen atoms in total. The molecular formula is C17H19ClN2O2S. The Morgan fingerprint density at radius 3 is 2.35 bits per heavy atom. The normalized spacial score (nSPS) is 17.2. The highest BCUT2D eigenvalue weighted by atomic mass is 35.5. The first kappa shape index (κ1) is 19.3. The van der Waals surface area contributed by atoms with Crippen molar-refractivity contribution in [3.8, 4) is 0 Å². The predicted molar refractivity (Wildman–Crippen MR) is 90.9 cm³/mol. The molecule has 23 heavy (non-hydrogen) atoms. The van der Waals surface area contributed by atoms with Gasteiger partial charge in [0.15, 0.2) is 4.98 Å². The van der Waals surface area contributed by atoms with Gasteiger partial charge in [-0.2, -0.15) is 0 Å². The van der Waals surface area contributed by atoms with E-state index in [-0.39, 0.29) is 12.4 Å². The van der Waals surface area contributed by atoms with E-state index >= 15 is 0 Å². The number of hydrogen-bond donors (Lipinski definition) is 0. The minimum Gasteiger partial charge on any atom is -1.00 e. The molecular weight excluding hydrogens is 332 g/mol. The molecule has 2 rings (SSSR count). The second-order valence-electron chi connectivity index (χ2n) is 4.90. The molecule has 0 fully saturated rings. The highest BCUT2D eigenvalue weighted by Crippen LogP contribution is 2.34. The molecule has 1 aliphatic carbocycles. The van der Waals surface area contributed by atoms with Crippen molar-refractivity contribution in [1.29, 1.82) is 5.39 Å². The third-order valence-electron chi connectivity index (χ3n) is 3.36. The molecule has 0 saturated carbocycles. The first-order valence-corrected chi connectivity index (χ1v) is 7.70. The Hall–Kier alpha value is -1.74. The molecule has 0 bridgehead atoms. The van der Waals surface area contributed by atoms with Crippen molar-refractivity contribution in [3.05, 3.63) is 57.9 Å². The number of diazo groups is 1. The molecule has 0 radical (unpaired) electrons. The molecule has 1 atom stereocenters. The zero-order valence-corrected chi connectivity index (χ0v) is 14.9. The number of aryl methyl sites for hydroxylation is 1. The van der Waals surface area contributed by atoms with Crippen LogP contribution in [0.3, 0.4) is 0 Å². The van der Waals surface area contributed by atoms with E-state index in [2.05, 4.69) is 4.98 Å². The van der Waals surface area contributed by atoms with Gasteiger partial charge in [-0.15, -0.1) is 0 Å². The second kappa shape index (κ2) is 8.78. The van der Waals surface area contributed by atoms with Crippen molar-refractivity contribution in [2.75, 3.05) is 13.2 Å². The summed E-state index contributed by atoms with van der Waals surface area (Å²) in [6, 6.07) is 8.00. The molecule has 1 aromatic carbocycles. The first-order chi connectivity index (χ1) is 10.6. The number of thiocarbonyl (C=S) groups is 1. The monoisotopic (exact) mass is 350 g/mol. The van der Waals surface area contributed by atoms with Gasteiger partial charge in [0.25, 0.3) is 0 Å². The van der Waals surface area contributed by atoms with E-state index in [0.717, 1.165) is 16.7 Å². The summed E-state index contributed by atoms with van der Waals surface area (Å²) in [5, 5.41) is 9.31. The Bertz CT molecular complexity index is 675. The summed E-state index contributed by atoms with van der Waals surface area (Å²) in [5.74, 6) is 0.495. The van der Waals surface area contributed by atoms with Gasteiger partial charge in [0.05, 0.1) is 11.5 Å². The number of hydrogen-bond acceptors (Lipinski definition) is 4. The van der Waals surface area contributed by atoms with Crippen LogP contribution in [-0.2, 0) is 9.47 Å². The molecule has 0 aromatic heterocycles. The summed E-state index contributed by atoms with van der Waals surface area (Å²) in [6.45, 7) is 6.79. The Morgan fingerprint density at radius 2 is 1.83 bits per heavy atom. The van der Waals surface area contributed by atoms with Crippen LogP contribution >= 0.6 is 12.2 Å². The molecule has 6 heteroatoms. The van der Waals surface area contributed by atoms with E-state index in [0.29, 0.717) is 29.5 Å². The molecule has 0 amide bonds. The van der Waals surface area contributed by atoms with Crippen LogP contribution in [0.25, 0.3) is 10.5 Å². The Morgan fingerprint density at radius 1 is 1.17 bits per heavy atom. The van der Waals surface area contributed by atoms with Gasteiger partial charge in [0.1, 0.15) is 6.10 Å². The number of rotatable bonds is 5. The van der Waals surface area contributed by atoms with E-state index in [9.17, 15) is 5.39 Å². The maximum absolute atomic E-state index is 9.31. The van der Waals surface area contributed by atoms with Crippen LogP contribution < -0.4 is 12.4 Å². The highest BCUT2D eigenvalue weighted by Gasteiger charge is 2.36. The summed E-state index contributed by atoms with van der Waals surface area (Å²) in [6.07, 6.45) is 1.29. The van der Waals surface area contributed by atoms with Crippen molar-refractivity contribution < 1.29 is 21.9 Å². The van der Waals surface area contributed by atoms with Crippen molar-refractivity contribution in [3.63, 3.8) is 0 Å². The summed E-state index contributed by atoms with van der Waals surface area (Å²) in [5.41, 5.74) is 3.20. The van der Waals surface area contributed by atoms with Gasteiger partial charge in [-0.25, -0.2) is 0 Å². The van der Waals surface area contributed by atoms with Crippen LogP contribution in [0.5, 0.6) is 0 Å². The number of benzene rings is 1. The third-order valence-corrected chi connectivity index (χ3v) is 3.79. The Labute approximate surface area is 148 Å². The topological polar surface area (TPSA) is 46.6 Å². The number of halogens is 1. The van der Waals surface area contributed by atoms with Crippen molar-refractivity contribution in [2.45, 2.75) is 26.9 Å². The fraction of sp³-hybridized carbons (Fsp3) is 0.353. The third kappa shape index (κ3) is 4.17. The fourth-order valence-electron chi connectivity index (χ4n) is 2.34. The zero-order valence-electron chi connectivity index (χ0n) is 13.4. The number of ether oxygens (including phenoxy) is 2. The first-order valence-electron chi connectivity index (χ1n) is 7.29. The van der Waals surface area contributed by atoms with E-state index < -0.39 is 6.10 Å². The van der Waals surface area contributed by atoms with E-state index in [4.69, 9.17) is 21.7 Å². The van der Waals surface area contributed by atoms with Crippen LogP contribution in [0.2, 0.25) is 0 Å². The molecule has 0 heterocycles. The number of nitrogens with zero attached hydrogens (tertiary/aromatic N) is 2. The van der Waals surface area contributed by atoms with E-state index in [1.54, 1.807) is 6.08 Å². The summed E-state index contributed by atoms with van der Waals surface area (Å²) < 4.78 is 11.3. The lowest BCUT2D eigenvalue weighted by Crippen LogP contribution is -3.00. The second-order valence-corrected chi connectivity index (χ2v) is 5.34. The van der Waals surface area contributed by atoms with Crippen LogP contribution in [0.15, 0.2) is 41.8 Å². The van der Waals surface area contributed by atoms with Crippen molar-refractivity contribution in [1.82, 2.24) is 0 Å². The Balaban J connectivity index is 0.00000264. The van der Waals surface area contributed by atoms with Gasteiger partial charge in [0, 0.05) is 18.3 Å². The average Bonchev–Trinajstić information content (AvgIpc) is 2.52. The van der Waals surface area contributed by atoms with Gasteiger partial charge in [0.2, 0.25) is 11.2 Å². The van der Waals surface area contributed by atoms with Crippen LogP contribution in [-0.4, -0.2) is 24.2 Å². The quantitative estimate of drug-likeness (QED) is 0.592. The lowest BCUT2D eigenvalue weighted by molar-refractivity contribution is -0.00000624. The molecule has 0 saturated heterocycles. The van der Waals surface area contributed by atoms with Gasteiger partial charge in [-0.05, 0) is 26.3 Å². The summed E-state index contributed by atoms with van der Waals surface area (Å²) in [4.78, 5) is 3.99. The predicted octanol–water partition coefficient (Wildman–Crippen LogP) is 1.27. The minimum atomic E-state index is -0.397. The van der Waals surface area contributed by atoms with Gasteiger partial charge < -0.3 is 21.9 Å². The summed E-state index contributed by atoms with van der Waals surface area (Å²) in [7, 11) is 0. The van der Waals surface area contributed by atoms with Gasteiger partial charge >= 0.3 is 5.70 Å². The summed E-state index contributed by atoms with van der Waals surface area (Å²) >= 11 is 5.59. The molecule has 1 aliphatic rings. The van der Waals surface area contributed by atoms with Crippen molar-refractivity contribution in [2.24, 2.45) is 0 Å². The lowest BCUT2D eigenvalue weighted by Gasteiger charge is -2.22. The molecule has 0 N–H and O–H groups in total. The molecule has 122 valence electrons. The largest absolute Gasteiger partial charge is 1.00 e. The van der Waals surface area contributed by atoms with Crippen LogP contribution in [0.1, 0.15) is 25.0 Å². The van der Waals surface area contributed by atoms with Crippen LogP contribution in [0.4, 0.5) is 0 Å². The van der Waals surface area contributed by atoms with E-state index in [1.807, 2.05) is 45.0 Å². The molecule has 0 aliphatic heterocycles. The SMILES string of the molecule is CCOC1=C(c2ccc(C)cc2)C(=S)C(OCC)C=C1[N+]#N.[Cl-]. The van der Waals surface area contributed by atoms with Gasteiger partial charge in [-0.3, -0.25) is 0 Å². The maximum atomic E-state index is 9.31. The standard InChI is InChI=1S/C17H19N2O2S.ClH/c1-4-20-14-10-13(19-18)16(21-5-2)15(17(14)22)12-8-6-11(3)7-9-12;/h6-10,14H,4-5H2,1-3H3;1H/q+1;/p-1. The highest BCUT2D eigenvalue weighted by molar-refractivity contribution is 7.81. The Kier molecular flexibility index (Phi) is 7.37. The zero-order chi connectivity index (χ0) is 16.1. The molecule has 0 spiro atoms. The van der Waals surface area contributed by atoms with Gasteiger partial charge in [-0.1, -0.05) is 42.0 Å². The molecule has 1 unspecified atom stereocenters. The lowest BCUT2D eigenvalue weighted by atomic mass is 9.92.